The first kappa shape index (κ1) is 18.6. The minimum absolute atomic E-state index is 0.0636. The molecular formula is C20H15ClN2O4S. The van der Waals surface area contributed by atoms with Gasteiger partial charge in [0.25, 0.3) is 0 Å². The van der Waals surface area contributed by atoms with Crippen molar-refractivity contribution in [3.8, 4) is 11.3 Å². The van der Waals surface area contributed by atoms with E-state index in [1.807, 2.05) is 18.2 Å². The van der Waals surface area contributed by atoms with Crippen LogP contribution in [0, 0.1) is 0 Å². The summed E-state index contributed by atoms with van der Waals surface area (Å²) in [5, 5.41) is 3.44. The Morgan fingerprint density at radius 1 is 1.25 bits per heavy atom. The van der Waals surface area contributed by atoms with Gasteiger partial charge >= 0.3 is 5.97 Å². The highest BCUT2D eigenvalue weighted by Crippen LogP contribution is 2.31. The van der Waals surface area contributed by atoms with Crippen molar-refractivity contribution < 1.29 is 18.7 Å². The fourth-order valence-electron chi connectivity index (χ4n) is 2.68. The predicted molar refractivity (Wildman–Crippen MR) is 106 cm³/mol. The van der Waals surface area contributed by atoms with E-state index in [9.17, 15) is 9.59 Å². The van der Waals surface area contributed by atoms with Crippen molar-refractivity contribution >= 4 is 40.9 Å². The summed E-state index contributed by atoms with van der Waals surface area (Å²) in [7, 11) is 0. The largest absolute Gasteiger partial charge is 0.452 e. The maximum Gasteiger partial charge on any atom is 0.338 e. The summed E-state index contributed by atoms with van der Waals surface area (Å²) in [6.45, 7) is -0.0926. The number of rotatable bonds is 4. The number of anilines is 1. The molecule has 0 spiro atoms. The van der Waals surface area contributed by atoms with Gasteiger partial charge in [-0.25, -0.2) is 9.78 Å². The minimum Gasteiger partial charge on any atom is -0.452 e. The number of benzene rings is 2. The van der Waals surface area contributed by atoms with Gasteiger partial charge in [-0.3, -0.25) is 4.79 Å². The highest BCUT2D eigenvalue weighted by Gasteiger charge is 2.17. The normalized spacial score (nSPS) is 13.4. The Morgan fingerprint density at radius 2 is 2.07 bits per heavy atom. The third-order valence-corrected chi connectivity index (χ3v) is 5.41. The number of nitrogens with zero attached hydrogens (tertiary/aromatic N) is 1. The third kappa shape index (κ3) is 4.21. The van der Waals surface area contributed by atoms with Gasteiger partial charge in [0, 0.05) is 27.7 Å². The number of nitrogens with one attached hydrogen (secondary N) is 1. The lowest BCUT2D eigenvalue weighted by Crippen LogP contribution is -2.11. The number of oxazole rings is 1. The monoisotopic (exact) mass is 414 g/mol. The third-order valence-electron chi connectivity index (χ3n) is 4.09. The number of ether oxygens (including phenoxy) is 1. The van der Waals surface area contributed by atoms with Gasteiger partial charge < -0.3 is 14.5 Å². The molecule has 0 saturated carbocycles. The average Bonchev–Trinajstić information content (AvgIpc) is 3.08. The van der Waals surface area contributed by atoms with Crippen LogP contribution in [0.5, 0.6) is 0 Å². The molecule has 0 radical (unpaired) electrons. The fourth-order valence-corrected chi connectivity index (χ4v) is 3.75. The number of hydrogen-bond donors (Lipinski definition) is 1. The Morgan fingerprint density at radius 3 is 2.89 bits per heavy atom. The number of hydrogen-bond acceptors (Lipinski definition) is 6. The summed E-state index contributed by atoms with van der Waals surface area (Å²) in [5.74, 6) is 0.983. The van der Waals surface area contributed by atoms with Gasteiger partial charge in [0.05, 0.1) is 17.4 Å². The van der Waals surface area contributed by atoms with Crippen LogP contribution in [-0.4, -0.2) is 22.6 Å². The molecule has 1 aromatic heterocycles. The van der Waals surface area contributed by atoms with E-state index in [1.165, 1.54) is 0 Å². The zero-order chi connectivity index (χ0) is 19.5. The highest BCUT2D eigenvalue weighted by molar-refractivity contribution is 7.99. The molecule has 1 aliphatic heterocycles. The Bertz CT molecular complexity index is 1030. The van der Waals surface area contributed by atoms with Crippen LogP contribution in [0.25, 0.3) is 11.3 Å². The smallest absolute Gasteiger partial charge is 0.338 e. The fraction of sp³-hybridized carbons (Fsp3) is 0.150. The summed E-state index contributed by atoms with van der Waals surface area (Å²) in [4.78, 5) is 29.1. The van der Waals surface area contributed by atoms with E-state index < -0.39 is 5.97 Å². The number of carbonyl (C=O) groups excluding carboxylic acids is 2. The van der Waals surface area contributed by atoms with Crippen LogP contribution in [0.1, 0.15) is 22.7 Å². The Balaban J connectivity index is 1.42. The summed E-state index contributed by atoms with van der Waals surface area (Å²) < 4.78 is 10.9. The van der Waals surface area contributed by atoms with Gasteiger partial charge in [-0.1, -0.05) is 11.6 Å². The summed E-state index contributed by atoms with van der Waals surface area (Å²) in [6.07, 6.45) is 2.01. The molecule has 2 aromatic carbocycles. The minimum atomic E-state index is -0.516. The van der Waals surface area contributed by atoms with Crippen LogP contribution in [0.15, 0.2) is 58.0 Å². The van der Waals surface area contributed by atoms with Crippen LogP contribution in [0.3, 0.4) is 0 Å². The Labute approximate surface area is 170 Å². The molecule has 0 unspecified atom stereocenters. The van der Waals surface area contributed by atoms with Crippen LogP contribution in [-0.2, 0) is 16.1 Å². The second kappa shape index (κ2) is 8.08. The predicted octanol–water partition coefficient (Wildman–Crippen LogP) is 4.79. The second-order valence-corrected chi connectivity index (χ2v) is 7.63. The Kier molecular flexibility index (Phi) is 5.36. The summed E-state index contributed by atoms with van der Waals surface area (Å²) >= 11 is 7.46. The molecule has 6 nitrogen and oxygen atoms in total. The average molecular weight is 415 g/mol. The van der Waals surface area contributed by atoms with E-state index in [0.717, 1.165) is 10.5 Å². The molecule has 1 N–H and O–H groups in total. The van der Waals surface area contributed by atoms with E-state index in [2.05, 4.69) is 10.3 Å². The van der Waals surface area contributed by atoms with Gasteiger partial charge in [-0.2, -0.15) is 0 Å². The van der Waals surface area contributed by atoms with E-state index in [4.69, 9.17) is 20.8 Å². The van der Waals surface area contributed by atoms with Crippen LogP contribution >= 0.6 is 23.4 Å². The number of halogens is 1. The van der Waals surface area contributed by atoms with Gasteiger partial charge in [0.2, 0.25) is 11.8 Å². The van der Waals surface area contributed by atoms with Crippen molar-refractivity contribution in [2.75, 3.05) is 11.1 Å². The molecule has 2 heterocycles. The van der Waals surface area contributed by atoms with Gasteiger partial charge in [0.1, 0.15) is 0 Å². The molecule has 1 amide bonds. The zero-order valence-corrected chi connectivity index (χ0v) is 16.2. The van der Waals surface area contributed by atoms with Gasteiger partial charge in [0.15, 0.2) is 12.4 Å². The zero-order valence-electron chi connectivity index (χ0n) is 14.6. The van der Waals surface area contributed by atoms with Gasteiger partial charge in [-0.05, 0) is 42.5 Å². The molecule has 3 aromatic rings. The first-order chi connectivity index (χ1) is 13.6. The number of carbonyl (C=O) groups is 2. The Hall–Kier alpha value is -2.77. The molecule has 0 fully saturated rings. The van der Waals surface area contributed by atoms with E-state index in [1.54, 1.807) is 42.2 Å². The lowest BCUT2D eigenvalue weighted by atomic mass is 10.2. The molecule has 4 rings (SSSR count). The lowest BCUT2D eigenvalue weighted by molar-refractivity contribution is -0.115. The SMILES string of the molecule is O=C1CCSc2ccc(C(=O)OCc3ncc(-c4ccc(Cl)cc4)o3)cc2N1. The summed E-state index contributed by atoms with van der Waals surface area (Å²) in [6, 6.07) is 12.3. The lowest BCUT2D eigenvalue weighted by Gasteiger charge is -2.08. The number of amides is 1. The van der Waals surface area contributed by atoms with Crippen molar-refractivity contribution in [3.05, 3.63) is 65.1 Å². The molecule has 1 aliphatic rings. The number of aromatic nitrogens is 1. The van der Waals surface area contributed by atoms with E-state index in [-0.39, 0.29) is 18.4 Å². The van der Waals surface area contributed by atoms with Gasteiger partial charge in [-0.15, -0.1) is 11.8 Å². The van der Waals surface area contributed by atoms with Crippen molar-refractivity contribution in [1.29, 1.82) is 0 Å². The van der Waals surface area contributed by atoms with Crippen molar-refractivity contribution in [2.45, 2.75) is 17.9 Å². The number of thioether (sulfide) groups is 1. The standard InChI is InChI=1S/C20H15ClN2O4S/c21-14-4-1-12(2-5-14)16-10-22-19(27-16)11-26-20(25)13-3-6-17-15(9-13)23-18(24)7-8-28-17/h1-6,9-10H,7-8,11H2,(H,23,24). The maximum atomic E-state index is 12.4. The number of esters is 1. The van der Waals surface area contributed by atoms with Crippen molar-refractivity contribution in [1.82, 2.24) is 4.98 Å². The van der Waals surface area contributed by atoms with Crippen molar-refractivity contribution in [2.24, 2.45) is 0 Å². The molecule has 8 heteroatoms. The first-order valence-electron chi connectivity index (χ1n) is 8.53. The second-order valence-electron chi connectivity index (χ2n) is 6.06. The highest BCUT2D eigenvalue weighted by atomic mass is 35.5. The van der Waals surface area contributed by atoms with Crippen LogP contribution in [0.2, 0.25) is 5.02 Å². The van der Waals surface area contributed by atoms with Crippen LogP contribution in [0.4, 0.5) is 5.69 Å². The molecule has 28 heavy (non-hydrogen) atoms. The van der Waals surface area contributed by atoms with E-state index in [0.29, 0.717) is 34.2 Å². The molecule has 0 bridgehead atoms. The molecule has 0 saturated heterocycles. The number of fused-ring (bicyclic) bond motifs is 1. The maximum absolute atomic E-state index is 12.4. The quantitative estimate of drug-likeness (QED) is 0.618. The molecule has 142 valence electrons. The summed E-state index contributed by atoms with van der Waals surface area (Å²) in [5.41, 5.74) is 1.81. The van der Waals surface area contributed by atoms with E-state index >= 15 is 0 Å². The molecular weight excluding hydrogens is 400 g/mol. The first-order valence-corrected chi connectivity index (χ1v) is 9.89. The van der Waals surface area contributed by atoms with Crippen LogP contribution < -0.4 is 5.32 Å². The topological polar surface area (TPSA) is 81.4 Å². The van der Waals surface area contributed by atoms with Crippen molar-refractivity contribution in [3.63, 3.8) is 0 Å². The molecule has 0 aliphatic carbocycles. The molecule has 0 atom stereocenters.